The SMILES string of the molecule is O=C(O)Cn1c(C(=O)OCc2ccccc2)nc2c(OCc3ccccc3)ncnc21. The number of fused-ring (bicyclic) bond motifs is 1. The van der Waals surface area contributed by atoms with Crippen LogP contribution in [0.25, 0.3) is 11.2 Å². The minimum Gasteiger partial charge on any atom is -0.480 e. The van der Waals surface area contributed by atoms with Crippen LogP contribution in [0.15, 0.2) is 67.0 Å². The molecule has 0 radical (unpaired) electrons. The second-order valence-electron chi connectivity index (χ2n) is 6.60. The van der Waals surface area contributed by atoms with Gasteiger partial charge >= 0.3 is 11.9 Å². The van der Waals surface area contributed by atoms with E-state index in [-0.39, 0.29) is 36.1 Å². The number of carboxylic acids is 1. The van der Waals surface area contributed by atoms with Crippen LogP contribution in [0.5, 0.6) is 5.88 Å². The topological polar surface area (TPSA) is 116 Å². The highest BCUT2D eigenvalue weighted by molar-refractivity contribution is 5.92. The van der Waals surface area contributed by atoms with Crippen LogP contribution in [0, 0.1) is 0 Å². The maximum Gasteiger partial charge on any atom is 0.374 e. The molecule has 2 aromatic carbocycles. The van der Waals surface area contributed by atoms with Crippen molar-refractivity contribution in [2.75, 3.05) is 0 Å². The van der Waals surface area contributed by atoms with E-state index in [0.29, 0.717) is 0 Å². The summed E-state index contributed by atoms with van der Waals surface area (Å²) < 4.78 is 12.3. The van der Waals surface area contributed by atoms with Crippen LogP contribution in [0.2, 0.25) is 0 Å². The number of nitrogens with zero attached hydrogens (tertiary/aromatic N) is 4. The third-order valence-electron chi connectivity index (χ3n) is 4.41. The van der Waals surface area contributed by atoms with Gasteiger partial charge in [-0.25, -0.2) is 14.8 Å². The predicted octanol–water partition coefficient (Wildman–Crippen LogP) is 2.85. The van der Waals surface area contributed by atoms with Crippen molar-refractivity contribution in [1.82, 2.24) is 19.5 Å². The zero-order valence-corrected chi connectivity index (χ0v) is 16.3. The first-order chi connectivity index (χ1) is 15.1. The summed E-state index contributed by atoms with van der Waals surface area (Å²) in [5.74, 6) is -1.95. The molecule has 2 heterocycles. The van der Waals surface area contributed by atoms with Gasteiger partial charge in [0.1, 0.15) is 26.1 Å². The van der Waals surface area contributed by atoms with Crippen LogP contribution in [-0.2, 0) is 29.3 Å². The summed E-state index contributed by atoms with van der Waals surface area (Å²) in [5, 5.41) is 9.30. The zero-order valence-electron chi connectivity index (χ0n) is 16.3. The molecule has 0 atom stereocenters. The van der Waals surface area contributed by atoms with Gasteiger partial charge in [-0.05, 0) is 11.1 Å². The van der Waals surface area contributed by atoms with E-state index >= 15 is 0 Å². The third kappa shape index (κ3) is 4.67. The largest absolute Gasteiger partial charge is 0.480 e. The lowest BCUT2D eigenvalue weighted by Gasteiger charge is -2.07. The monoisotopic (exact) mass is 418 g/mol. The Hall–Kier alpha value is -4.27. The molecule has 4 aromatic rings. The number of rotatable bonds is 8. The predicted molar refractivity (Wildman–Crippen MR) is 109 cm³/mol. The molecular formula is C22H18N4O5. The number of ether oxygens (including phenoxy) is 2. The summed E-state index contributed by atoms with van der Waals surface area (Å²) in [6, 6.07) is 18.6. The molecule has 0 saturated heterocycles. The van der Waals surface area contributed by atoms with Gasteiger partial charge in [0.15, 0.2) is 11.2 Å². The molecule has 156 valence electrons. The van der Waals surface area contributed by atoms with Crippen LogP contribution < -0.4 is 4.74 Å². The van der Waals surface area contributed by atoms with Crippen LogP contribution in [-0.4, -0.2) is 36.6 Å². The average Bonchev–Trinajstić information content (AvgIpc) is 3.16. The van der Waals surface area contributed by atoms with Crippen LogP contribution in [0.3, 0.4) is 0 Å². The van der Waals surface area contributed by atoms with Gasteiger partial charge in [-0.2, -0.15) is 4.98 Å². The van der Waals surface area contributed by atoms with Crippen molar-refractivity contribution in [2.45, 2.75) is 19.8 Å². The van der Waals surface area contributed by atoms with E-state index in [1.807, 2.05) is 60.7 Å². The number of esters is 1. The van der Waals surface area contributed by atoms with E-state index in [1.165, 1.54) is 10.9 Å². The Morgan fingerprint density at radius 2 is 1.55 bits per heavy atom. The number of imidazole rings is 1. The van der Waals surface area contributed by atoms with Crippen LogP contribution in [0.1, 0.15) is 21.7 Å². The third-order valence-corrected chi connectivity index (χ3v) is 4.41. The summed E-state index contributed by atoms with van der Waals surface area (Å²) in [4.78, 5) is 36.6. The van der Waals surface area contributed by atoms with Gasteiger partial charge in [0.25, 0.3) is 0 Å². The van der Waals surface area contributed by atoms with Gasteiger partial charge in [-0.1, -0.05) is 60.7 Å². The Bertz CT molecular complexity index is 1210. The van der Waals surface area contributed by atoms with Crippen molar-refractivity contribution >= 4 is 23.1 Å². The molecule has 1 N–H and O–H groups in total. The normalized spacial score (nSPS) is 10.7. The van der Waals surface area contributed by atoms with Crippen molar-refractivity contribution in [1.29, 1.82) is 0 Å². The van der Waals surface area contributed by atoms with E-state index in [9.17, 15) is 14.7 Å². The van der Waals surface area contributed by atoms with Crippen molar-refractivity contribution in [3.8, 4) is 5.88 Å². The molecule has 0 bridgehead atoms. The lowest BCUT2D eigenvalue weighted by Crippen LogP contribution is -2.17. The number of carbonyl (C=O) groups is 2. The Morgan fingerprint density at radius 3 is 2.19 bits per heavy atom. The highest BCUT2D eigenvalue weighted by Gasteiger charge is 2.24. The number of carboxylic acid groups (broad SMARTS) is 1. The molecule has 4 rings (SSSR count). The summed E-state index contributed by atoms with van der Waals surface area (Å²) in [7, 11) is 0. The number of benzene rings is 2. The molecular weight excluding hydrogens is 400 g/mol. The van der Waals surface area contributed by atoms with E-state index < -0.39 is 18.5 Å². The Kier molecular flexibility index (Phi) is 5.84. The van der Waals surface area contributed by atoms with Crippen molar-refractivity contribution in [3.63, 3.8) is 0 Å². The quantitative estimate of drug-likeness (QED) is 0.434. The summed E-state index contributed by atoms with van der Waals surface area (Å²) in [5.41, 5.74) is 2.07. The van der Waals surface area contributed by atoms with Crippen molar-refractivity contribution in [2.24, 2.45) is 0 Å². The minimum absolute atomic E-state index is 0.0268. The number of aliphatic carboxylic acids is 1. The molecule has 0 spiro atoms. The molecule has 0 fully saturated rings. The molecule has 9 heteroatoms. The fraction of sp³-hybridized carbons (Fsp3) is 0.136. The van der Waals surface area contributed by atoms with Crippen molar-refractivity contribution < 1.29 is 24.2 Å². The number of hydrogen-bond donors (Lipinski definition) is 1. The Morgan fingerprint density at radius 1 is 0.903 bits per heavy atom. The second-order valence-corrected chi connectivity index (χ2v) is 6.60. The Balaban J connectivity index is 1.63. The molecule has 0 unspecified atom stereocenters. The molecule has 9 nitrogen and oxygen atoms in total. The number of carbonyl (C=O) groups excluding carboxylic acids is 1. The van der Waals surface area contributed by atoms with E-state index in [1.54, 1.807) is 0 Å². The van der Waals surface area contributed by atoms with Gasteiger partial charge < -0.3 is 14.6 Å². The van der Waals surface area contributed by atoms with E-state index in [2.05, 4.69) is 15.0 Å². The highest BCUT2D eigenvalue weighted by atomic mass is 16.5. The average molecular weight is 418 g/mol. The molecule has 0 aliphatic heterocycles. The first kappa shape index (κ1) is 20.0. The maximum absolute atomic E-state index is 12.7. The highest BCUT2D eigenvalue weighted by Crippen LogP contribution is 2.23. The Labute approximate surface area is 176 Å². The molecule has 0 saturated carbocycles. The summed E-state index contributed by atoms with van der Waals surface area (Å²) in [6.07, 6.45) is 1.24. The second kappa shape index (κ2) is 9.04. The molecule has 0 amide bonds. The number of hydrogen-bond acceptors (Lipinski definition) is 7. The van der Waals surface area contributed by atoms with Gasteiger partial charge in [-0.15, -0.1) is 0 Å². The zero-order chi connectivity index (χ0) is 21.6. The summed E-state index contributed by atoms with van der Waals surface area (Å²) >= 11 is 0. The van der Waals surface area contributed by atoms with Gasteiger partial charge in [-0.3, -0.25) is 9.36 Å². The van der Waals surface area contributed by atoms with Crippen LogP contribution >= 0.6 is 0 Å². The fourth-order valence-corrected chi connectivity index (χ4v) is 2.98. The van der Waals surface area contributed by atoms with Crippen molar-refractivity contribution in [3.05, 3.63) is 83.9 Å². The molecule has 2 aromatic heterocycles. The molecule has 0 aliphatic carbocycles. The minimum atomic E-state index is -1.15. The lowest BCUT2D eigenvalue weighted by molar-refractivity contribution is -0.137. The van der Waals surface area contributed by atoms with Crippen LogP contribution in [0.4, 0.5) is 0 Å². The van der Waals surface area contributed by atoms with E-state index in [0.717, 1.165) is 11.1 Å². The van der Waals surface area contributed by atoms with Gasteiger partial charge in [0.05, 0.1) is 0 Å². The molecule has 0 aliphatic rings. The first-order valence-electron chi connectivity index (χ1n) is 9.42. The lowest BCUT2D eigenvalue weighted by atomic mass is 10.2. The van der Waals surface area contributed by atoms with Gasteiger partial charge in [0, 0.05) is 0 Å². The molecule has 31 heavy (non-hydrogen) atoms. The van der Waals surface area contributed by atoms with E-state index in [4.69, 9.17) is 9.47 Å². The standard InChI is InChI=1S/C22H18N4O5/c27-17(28)11-26-19-18(21(24-14-23-19)30-12-15-7-3-1-4-8-15)25-20(26)22(29)31-13-16-9-5-2-6-10-16/h1-10,14H,11-13H2,(H,27,28). The van der Waals surface area contributed by atoms with Gasteiger partial charge in [0.2, 0.25) is 11.7 Å². The smallest absolute Gasteiger partial charge is 0.374 e. The fourth-order valence-electron chi connectivity index (χ4n) is 2.98. The first-order valence-corrected chi connectivity index (χ1v) is 9.42. The summed E-state index contributed by atoms with van der Waals surface area (Å²) in [6.45, 7) is -0.257. The maximum atomic E-state index is 12.7. The number of aromatic nitrogens is 4.